The fourth-order valence-corrected chi connectivity index (χ4v) is 2.25. The number of aromatic nitrogens is 1. The molecule has 0 fully saturated rings. The Balaban J connectivity index is 2.35. The van der Waals surface area contributed by atoms with E-state index in [0.717, 1.165) is 28.4 Å². The highest BCUT2D eigenvalue weighted by Crippen LogP contribution is 2.31. The van der Waals surface area contributed by atoms with E-state index in [2.05, 4.69) is 20.9 Å². The molecule has 2 nitrogen and oxygen atoms in total. The molecule has 0 saturated heterocycles. The summed E-state index contributed by atoms with van der Waals surface area (Å²) in [5.74, 6) is -1.53. The van der Waals surface area contributed by atoms with Crippen molar-refractivity contribution in [3.8, 4) is 6.07 Å². The Kier molecular flexibility index (Phi) is 3.94. The molecule has 0 unspecified atom stereocenters. The molecule has 0 aliphatic carbocycles. The maximum absolute atomic E-state index is 13.6. The molecule has 0 aliphatic rings. The minimum Gasteiger partial charge on any atom is -0.248 e. The Hall–Kier alpha value is -1.45. The Labute approximate surface area is 115 Å². The average Bonchev–Trinajstić information content (AvgIpc) is 2.35. The van der Waals surface area contributed by atoms with Gasteiger partial charge in [0, 0.05) is 10.7 Å². The second-order valence-corrected chi connectivity index (χ2v) is 5.24. The molecule has 2 aromatic rings. The molecule has 0 amide bonds. The van der Waals surface area contributed by atoms with Gasteiger partial charge in [0.05, 0.1) is 16.5 Å². The number of halogens is 3. The summed E-state index contributed by atoms with van der Waals surface area (Å²) in [7, 11) is 0. The van der Waals surface area contributed by atoms with Gasteiger partial charge in [0.15, 0.2) is 0 Å². The van der Waals surface area contributed by atoms with Crippen LogP contribution >= 0.6 is 27.7 Å². The number of rotatable bonds is 2. The molecule has 0 aliphatic heterocycles. The van der Waals surface area contributed by atoms with Crippen molar-refractivity contribution in [2.75, 3.05) is 0 Å². The van der Waals surface area contributed by atoms with Crippen LogP contribution in [0.2, 0.25) is 0 Å². The standard InChI is InChI=1S/C12H5BrF2N2S/c13-8-1-2-11(17-6-8)18-12-9(14)3-7(5-16)4-10(12)15/h1-4,6H. The summed E-state index contributed by atoms with van der Waals surface area (Å²) in [6.07, 6.45) is 1.54. The molecule has 90 valence electrons. The van der Waals surface area contributed by atoms with Crippen molar-refractivity contribution in [3.05, 3.63) is 52.1 Å². The highest BCUT2D eigenvalue weighted by Gasteiger charge is 2.13. The van der Waals surface area contributed by atoms with Crippen molar-refractivity contribution in [2.24, 2.45) is 0 Å². The molecular weight excluding hydrogens is 322 g/mol. The van der Waals surface area contributed by atoms with Gasteiger partial charge in [-0.3, -0.25) is 0 Å². The van der Waals surface area contributed by atoms with E-state index < -0.39 is 11.6 Å². The maximum Gasteiger partial charge on any atom is 0.141 e. The smallest absolute Gasteiger partial charge is 0.141 e. The number of nitrogens with zero attached hydrogens (tertiary/aromatic N) is 2. The molecule has 0 saturated carbocycles. The van der Waals surface area contributed by atoms with Gasteiger partial charge in [-0.15, -0.1) is 0 Å². The van der Waals surface area contributed by atoms with Crippen LogP contribution in [0.4, 0.5) is 8.78 Å². The van der Waals surface area contributed by atoms with Gasteiger partial charge < -0.3 is 0 Å². The van der Waals surface area contributed by atoms with Crippen molar-refractivity contribution in [1.29, 1.82) is 5.26 Å². The van der Waals surface area contributed by atoms with Crippen molar-refractivity contribution in [3.63, 3.8) is 0 Å². The Morgan fingerprint density at radius 2 is 1.89 bits per heavy atom. The summed E-state index contributed by atoms with van der Waals surface area (Å²) in [4.78, 5) is 3.85. The first-order valence-electron chi connectivity index (χ1n) is 4.78. The monoisotopic (exact) mass is 326 g/mol. The van der Waals surface area contributed by atoms with Gasteiger partial charge in [-0.25, -0.2) is 13.8 Å². The van der Waals surface area contributed by atoms with E-state index in [1.54, 1.807) is 24.4 Å². The summed E-state index contributed by atoms with van der Waals surface area (Å²) >= 11 is 4.10. The first-order valence-corrected chi connectivity index (χ1v) is 6.39. The predicted octanol–water partition coefficient (Wildman–Crippen LogP) is 4.15. The highest BCUT2D eigenvalue weighted by molar-refractivity contribution is 9.10. The molecular formula is C12H5BrF2N2S. The normalized spacial score (nSPS) is 10.1. The average molecular weight is 327 g/mol. The lowest BCUT2D eigenvalue weighted by Crippen LogP contribution is -1.91. The van der Waals surface area contributed by atoms with E-state index in [4.69, 9.17) is 5.26 Å². The van der Waals surface area contributed by atoms with Crippen LogP contribution in [-0.4, -0.2) is 4.98 Å². The molecule has 1 aromatic heterocycles. The summed E-state index contributed by atoms with van der Waals surface area (Å²) < 4.78 is 28.0. The first kappa shape index (κ1) is 13.0. The van der Waals surface area contributed by atoms with Crippen LogP contribution in [0.15, 0.2) is 44.9 Å². The zero-order valence-corrected chi connectivity index (χ0v) is 11.2. The lowest BCUT2D eigenvalue weighted by atomic mass is 10.2. The quantitative estimate of drug-likeness (QED) is 0.832. The molecule has 18 heavy (non-hydrogen) atoms. The van der Waals surface area contributed by atoms with Gasteiger partial charge in [-0.2, -0.15) is 5.26 Å². The molecule has 0 atom stereocenters. The first-order chi connectivity index (χ1) is 8.60. The topological polar surface area (TPSA) is 36.7 Å². The third-order valence-electron chi connectivity index (χ3n) is 2.03. The van der Waals surface area contributed by atoms with Crippen LogP contribution < -0.4 is 0 Å². The van der Waals surface area contributed by atoms with Crippen molar-refractivity contribution in [1.82, 2.24) is 4.98 Å². The van der Waals surface area contributed by atoms with Crippen molar-refractivity contribution < 1.29 is 8.78 Å². The van der Waals surface area contributed by atoms with Gasteiger partial charge in [0.25, 0.3) is 0 Å². The number of hydrogen-bond acceptors (Lipinski definition) is 3. The number of hydrogen-bond donors (Lipinski definition) is 0. The molecule has 0 N–H and O–H groups in total. The van der Waals surface area contributed by atoms with E-state index in [9.17, 15) is 8.78 Å². The molecule has 6 heteroatoms. The molecule has 0 spiro atoms. The molecule has 1 aromatic carbocycles. The second kappa shape index (κ2) is 5.46. The zero-order valence-electron chi connectivity index (χ0n) is 8.82. The number of benzene rings is 1. The third-order valence-corrected chi connectivity index (χ3v) is 3.55. The highest BCUT2D eigenvalue weighted by atomic mass is 79.9. The Bertz CT molecular complexity index is 600. The van der Waals surface area contributed by atoms with Crippen LogP contribution in [0.5, 0.6) is 0 Å². The molecule has 2 rings (SSSR count). The van der Waals surface area contributed by atoms with Crippen LogP contribution in [0, 0.1) is 23.0 Å². The summed E-state index contributed by atoms with van der Waals surface area (Å²) in [6, 6.07) is 7.08. The van der Waals surface area contributed by atoms with Crippen molar-refractivity contribution >= 4 is 27.7 Å². The van der Waals surface area contributed by atoms with Gasteiger partial charge in [-0.1, -0.05) is 11.8 Å². The van der Waals surface area contributed by atoms with E-state index in [0.29, 0.717) is 5.03 Å². The van der Waals surface area contributed by atoms with Crippen LogP contribution in [0.3, 0.4) is 0 Å². The Morgan fingerprint density at radius 1 is 1.22 bits per heavy atom. The molecule has 1 heterocycles. The van der Waals surface area contributed by atoms with E-state index in [-0.39, 0.29) is 10.5 Å². The third kappa shape index (κ3) is 2.86. The largest absolute Gasteiger partial charge is 0.248 e. The predicted molar refractivity (Wildman–Crippen MR) is 67.1 cm³/mol. The minimum atomic E-state index is -0.763. The second-order valence-electron chi connectivity index (χ2n) is 3.30. The van der Waals surface area contributed by atoms with Gasteiger partial charge in [0.1, 0.15) is 16.7 Å². The van der Waals surface area contributed by atoms with Gasteiger partial charge in [-0.05, 0) is 40.2 Å². The lowest BCUT2D eigenvalue weighted by Gasteiger charge is -2.04. The van der Waals surface area contributed by atoms with Crippen LogP contribution in [-0.2, 0) is 0 Å². The minimum absolute atomic E-state index is 0.0434. The van der Waals surface area contributed by atoms with Crippen LogP contribution in [0.25, 0.3) is 0 Å². The lowest BCUT2D eigenvalue weighted by molar-refractivity contribution is 0.539. The SMILES string of the molecule is N#Cc1cc(F)c(Sc2ccc(Br)cn2)c(F)c1. The van der Waals surface area contributed by atoms with Gasteiger partial charge >= 0.3 is 0 Å². The summed E-state index contributed by atoms with van der Waals surface area (Å²) in [6.45, 7) is 0. The maximum atomic E-state index is 13.6. The van der Waals surface area contributed by atoms with Crippen molar-refractivity contribution in [2.45, 2.75) is 9.92 Å². The van der Waals surface area contributed by atoms with E-state index >= 15 is 0 Å². The fraction of sp³-hybridized carbons (Fsp3) is 0. The zero-order chi connectivity index (χ0) is 13.1. The summed E-state index contributed by atoms with van der Waals surface area (Å²) in [5.41, 5.74) is -0.0434. The molecule has 0 radical (unpaired) electrons. The number of pyridine rings is 1. The summed E-state index contributed by atoms with van der Waals surface area (Å²) in [5, 5.41) is 9.06. The fourth-order valence-electron chi connectivity index (χ4n) is 1.25. The van der Waals surface area contributed by atoms with Crippen LogP contribution in [0.1, 0.15) is 5.56 Å². The molecule has 0 bridgehead atoms. The van der Waals surface area contributed by atoms with E-state index in [1.807, 2.05) is 0 Å². The van der Waals surface area contributed by atoms with E-state index in [1.165, 1.54) is 0 Å². The Morgan fingerprint density at radius 3 is 2.39 bits per heavy atom. The van der Waals surface area contributed by atoms with Gasteiger partial charge in [0.2, 0.25) is 0 Å². The number of nitriles is 1.